The van der Waals surface area contributed by atoms with E-state index in [1.165, 1.54) is 0 Å². The lowest BCUT2D eigenvalue weighted by Gasteiger charge is -2.23. The molecule has 0 saturated heterocycles. The number of thiazole rings is 1. The van der Waals surface area contributed by atoms with Gasteiger partial charge in [0.05, 0.1) is 11.7 Å². The highest BCUT2D eigenvalue weighted by molar-refractivity contribution is 7.09. The summed E-state index contributed by atoms with van der Waals surface area (Å²) in [5, 5.41) is 7.30. The number of carbonyl (C=O) groups excluding carboxylic acids is 1. The molecule has 0 aliphatic heterocycles. The van der Waals surface area contributed by atoms with E-state index in [-0.39, 0.29) is 11.9 Å². The predicted octanol–water partition coefficient (Wildman–Crippen LogP) is 2.91. The standard InChI is InChI=1S/C15H22N4OS/c1-10(2)8-12-9-13(19(5)17-12)15(20)18(4)11(3)14-16-6-7-21-14/h6-7,9-11H,8H2,1-5H3. The molecule has 2 aromatic rings. The molecular weight excluding hydrogens is 284 g/mol. The third kappa shape index (κ3) is 3.50. The Balaban J connectivity index is 2.17. The zero-order chi connectivity index (χ0) is 15.6. The van der Waals surface area contributed by atoms with Crippen molar-refractivity contribution in [2.45, 2.75) is 33.2 Å². The molecule has 0 saturated carbocycles. The Labute approximate surface area is 129 Å². The highest BCUT2D eigenvalue weighted by atomic mass is 32.1. The maximum Gasteiger partial charge on any atom is 0.272 e. The van der Waals surface area contributed by atoms with Gasteiger partial charge < -0.3 is 4.90 Å². The molecule has 6 heteroatoms. The van der Waals surface area contributed by atoms with Crippen molar-refractivity contribution in [1.82, 2.24) is 19.7 Å². The Morgan fingerprint density at radius 3 is 2.71 bits per heavy atom. The summed E-state index contributed by atoms with van der Waals surface area (Å²) in [6, 6.07) is 1.86. The first-order valence-electron chi connectivity index (χ1n) is 7.09. The summed E-state index contributed by atoms with van der Waals surface area (Å²) in [4.78, 5) is 18.6. The summed E-state index contributed by atoms with van der Waals surface area (Å²) in [5.41, 5.74) is 1.59. The molecule has 0 spiro atoms. The summed E-state index contributed by atoms with van der Waals surface area (Å²) in [7, 11) is 3.63. The number of hydrogen-bond acceptors (Lipinski definition) is 4. The minimum Gasteiger partial charge on any atom is -0.331 e. The van der Waals surface area contributed by atoms with Crippen molar-refractivity contribution in [3.63, 3.8) is 0 Å². The van der Waals surface area contributed by atoms with E-state index in [1.54, 1.807) is 27.1 Å². The van der Waals surface area contributed by atoms with Gasteiger partial charge in [0, 0.05) is 25.7 Å². The molecule has 1 amide bonds. The third-order valence-corrected chi connectivity index (χ3v) is 4.42. The van der Waals surface area contributed by atoms with Crippen LogP contribution in [-0.2, 0) is 13.5 Å². The van der Waals surface area contributed by atoms with Crippen molar-refractivity contribution in [1.29, 1.82) is 0 Å². The molecule has 2 heterocycles. The predicted molar refractivity (Wildman–Crippen MR) is 84.4 cm³/mol. The summed E-state index contributed by atoms with van der Waals surface area (Å²) < 4.78 is 1.67. The second-order valence-corrected chi connectivity index (χ2v) is 6.63. The topological polar surface area (TPSA) is 51.0 Å². The van der Waals surface area contributed by atoms with Gasteiger partial charge in [-0.25, -0.2) is 4.98 Å². The molecule has 114 valence electrons. The van der Waals surface area contributed by atoms with E-state index in [4.69, 9.17) is 0 Å². The van der Waals surface area contributed by atoms with Crippen LogP contribution in [0.3, 0.4) is 0 Å². The van der Waals surface area contributed by atoms with Crippen molar-refractivity contribution in [2.24, 2.45) is 13.0 Å². The van der Waals surface area contributed by atoms with Gasteiger partial charge in [0.25, 0.3) is 5.91 Å². The molecule has 2 aromatic heterocycles. The monoisotopic (exact) mass is 306 g/mol. The molecule has 2 rings (SSSR count). The number of carbonyl (C=O) groups is 1. The Morgan fingerprint density at radius 2 is 2.14 bits per heavy atom. The van der Waals surface area contributed by atoms with Crippen molar-refractivity contribution >= 4 is 17.2 Å². The van der Waals surface area contributed by atoms with Gasteiger partial charge in [-0.2, -0.15) is 5.10 Å². The fourth-order valence-electron chi connectivity index (χ4n) is 2.21. The van der Waals surface area contributed by atoms with E-state index in [1.807, 2.05) is 32.5 Å². The van der Waals surface area contributed by atoms with Gasteiger partial charge in [-0.1, -0.05) is 13.8 Å². The maximum absolute atomic E-state index is 12.6. The van der Waals surface area contributed by atoms with Gasteiger partial charge in [0.1, 0.15) is 10.7 Å². The molecule has 1 atom stereocenters. The van der Waals surface area contributed by atoms with Crippen LogP contribution in [0.1, 0.15) is 48.0 Å². The first kappa shape index (κ1) is 15.7. The van der Waals surface area contributed by atoms with E-state index < -0.39 is 0 Å². The molecule has 1 unspecified atom stereocenters. The lowest BCUT2D eigenvalue weighted by molar-refractivity contribution is 0.0731. The minimum absolute atomic E-state index is 0.0253. The van der Waals surface area contributed by atoms with E-state index >= 15 is 0 Å². The minimum atomic E-state index is -0.0408. The van der Waals surface area contributed by atoms with Gasteiger partial charge >= 0.3 is 0 Å². The van der Waals surface area contributed by atoms with Crippen LogP contribution < -0.4 is 0 Å². The largest absolute Gasteiger partial charge is 0.331 e. The van der Waals surface area contributed by atoms with Gasteiger partial charge in [-0.15, -0.1) is 11.3 Å². The van der Waals surface area contributed by atoms with Crippen LogP contribution >= 0.6 is 11.3 Å². The fourth-order valence-corrected chi connectivity index (χ4v) is 2.95. The number of aryl methyl sites for hydroxylation is 1. The number of nitrogens with zero attached hydrogens (tertiary/aromatic N) is 4. The zero-order valence-corrected chi connectivity index (χ0v) is 14.0. The number of aromatic nitrogens is 3. The van der Waals surface area contributed by atoms with Crippen LogP contribution in [-0.4, -0.2) is 32.6 Å². The number of hydrogen-bond donors (Lipinski definition) is 0. The van der Waals surface area contributed by atoms with E-state index in [9.17, 15) is 4.79 Å². The molecule has 0 bridgehead atoms. The summed E-state index contributed by atoms with van der Waals surface area (Å²) in [6.45, 7) is 6.28. The van der Waals surface area contributed by atoms with Crippen molar-refractivity contribution in [3.05, 3.63) is 34.0 Å². The lowest BCUT2D eigenvalue weighted by atomic mass is 10.1. The van der Waals surface area contributed by atoms with Gasteiger partial charge in [-0.3, -0.25) is 9.48 Å². The Hall–Kier alpha value is -1.69. The van der Waals surface area contributed by atoms with Crippen molar-refractivity contribution in [2.75, 3.05) is 7.05 Å². The molecule has 0 N–H and O–H groups in total. The molecule has 0 fully saturated rings. The van der Waals surface area contributed by atoms with Crippen LogP contribution in [0.2, 0.25) is 0 Å². The van der Waals surface area contributed by atoms with E-state index in [0.717, 1.165) is 17.1 Å². The van der Waals surface area contributed by atoms with Crippen LogP contribution in [0, 0.1) is 5.92 Å². The fraction of sp³-hybridized carbons (Fsp3) is 0.533. The third-order valence-electron chi connectivity index (χ3n) is 3.48. The molecule has 0 aliphatic carbocycles. The highest BCUT2D eigenvalue weighted by Crippen LogP contribution is 2.22. The average molecular weight is 306 g/mol. The maximum atomic E-state index is 12.6. The van der Waals surface area contributed by atoms with Crippen LogP contribution in [0.15, 0.2) is 17.6 Å². The molecule has 0 radical (unpaired) electrons. The zero-order valence-electron chi connectivity index (χ0n) is 13.2. The smallest absolute Gasteiger partial charge is 0.272 e. The first-order chi connectivity index (χ1) is 9.90. The van der Waals surface area contributed by atoms with Crippen molar-refractivity contribution in [3.8, 4) is 0 Å². The second kappa shape index (κ2) is 6.39. The van der Waals surface area contributed by atoms with Gasteiger partial charge in [-0.05, 0) is 25.3 Å². The lowest BCUT2D eigenvalue weighted by Crippen LogP contribution is -2.31. The van der Waals surface area contributed by atoms with Crippen LogP contribution in [0.5, 0.6) is 0 Å². The molecule has 0 aromatic carbocycles. The Morgan fingerprint density at radius 1 is 1.43 bits per heavy atom. The van der Waals surface area contributed by atoms with Crippen LogP contribution in [0.25, 0.3) is 0 Å². The average Bonchev–Trinajstić information content (AvgIpc) is 3.05. The second-order valence-electron chi connectivity index (χ2n) is 5.70. The van der Waals surface area contributed by atoms with Crippen molar-refractivity contribution < 1.29 is 4.79 Å². The first-order valence-corrected chi connectivity index (χ1v) is 7.97. The normalized spacial score (nSPS) is 12.7. The molecule has 21 heavy (non-hydrogen) atoms. The quantitative estimate of drug-likeness (QED) is 0.853. The summed E-state index contributed by atoms with van der Waals surface area (Å²) in [5.74, 6) is 0.498. The Kier molecular flexibility index (Phi) is 4.77. The summed E-state index contributed by atoms with van der Waals surface area (Å²) >= 11 is 1.56. The highest BCUT2D eigenvalue weighted by Gasteiger charge is 2.23. The van der Waals surface area contributed by atoms with Crippen LogP contribution in [0.4, 0.5) is 0 Å². The Bertz CT molecular complexity index is 603. The summed E-state index contributed by atoms with van der Waals surface area (Å²) in [6.07, 6.45) is 2.65. The van der Waals surface area contributed by atoms with Gasteiger partial charge in [0.2, 0.25) is 0 Å². The van der Waals surface area contributed by atoms with E-state index in [0.29, 0.717) is 11.6 Å². The number of amides is 1. The van der Waals surface area contributed by atoms with E-state index in [2.05, 4.69) is 23.9 Å². The van der Waals surface area contributed by atoms with Gasteiger partial charge in [0.15, 0.2) is 0 Å². The molecular formula is C15H22N4OS. The molecule has 0 aliphatic rings. The molecule has 5 nitrogen and oxygen atoms in total. The number of rotatable bonds is 5. The SMILES string of the molecule is CC(C)Cc1cc(C(=O)N(C)C(C)c2nccs2)n(C)n1.